The van der Waals surface area contributed by atoms with Crippen molar-refractivity contribution in [3.8, 4) is 0 Å². The van der Waals surface area contributed by atoms with Crippen LogP contribution in [0.4, 0.5) is 5.82 Å². The highest BCUT2D eigenvalue weighted by Crippen LogP contribution is 2.37. The van der Waals surface area contributed by atoms with Crippen LogP contribution in [0.3, 0.4) is 0 Å². The minimum absolute atomic E-state index is 0.151. The Hall–Kier alpha value is -2.52. The first-order valence-corrected chi connectivity index (χ1v) is 6.97. The molecule has 0 fully saturated rings. The SMILES string of the molecule is C=CCn1cnc2c1N=CN1C2=N[C@](C)(C(=O)O)[C@H](O)[C@]1(C)O. The van der Waals surface area contributed by atoms with Crippen LogP contribution in [0.15, 0.2) is 29.0 Å². The van der Waals surface area contributed by atoms with Crippen LogP contribution in [0, 0.1) is 0 Å². The molecule has 2 aliphatic heterocycles. The van der Waals surface area contributed by atoms with Gasteiger partial charge in [-0.2, -0.15) is 0 Å². The Kier molecular flexibility index (Phi) is 3.17. The van der Waals surface area contributed by atoms with Crippen LogP contribution in [0.5, 0.6) is 0 Å². The van der Waals surface area contributed by atoms with E-state index in [0.29, 0.717) is 18.1 Å². The molecule has 0 radical (unpaired) electrons. The number of aliphatic hydroxyl groups excluding tert-OH is 1. The predicted octanol–water partition coefficient (Wildman–Crippen LogP) is -0.283. The summed E-state index contributed by atoms with van der Waals surface area (Å²) in [5.74, 6) is -0.704. The second-order valence-electron chi connectivity index (χ2n) is 5.86. The maximum absolute atomic E-state index is 11.6. The molecule has 9 nitrogen and oxygen atoms in total. The van der Waals surface area contributed by atoms with Gasteiger partial charge in [0.15, 0.2) is 28.6 Å². The Labute approximate surface area is 131 Å². The number of aliphatic carboxylic acids is 1. The van der Waals surface area contributed by atoms with Crippen molar-refractivity contribution in [1.29, 1.82) is 0 Å². The number of aliphatic hydroxyl groups is 2. The Balaban J connectivity index is 2.22. The number of allylic oxidation sites excluding steroid dienone is 1. The van der Waals surface area contributed by atoms with Gasteiger partial charge >= 0.3 is 5.97 Å². The van der Waals surface area contributed by atoms with Crippen LogP contribution in [0.25, 0.3) is 0 Å². The minimum Gasteiger partial charge on any atom is -0.479 e. The lowest BCUT2D eigenvalue weighted by Crippen LogP contribution is -2.69. The van der Waals surface area contributed by atoms with Gasteiger partial charge in [-0.25, -0.2) is 19.8 Å². The van der Waals surface area contributed by atoms with E-state index in [1.807, 2.05) is 0 Å². The molecule has 0 saturated carbocycles. The number of aliphatic imine (C=N–C) groups is 2. The molecule has 0 unspecified atom stereocenters. The number of amidine groups is 1. The van der Waals surface area contributed by atoms with E-state index in [2.05, 4.69) is 21.5 Å². The number of carboxylic acids is 1. The highest BCUT2D eigenvalue weighted by molar-refractivity contribution is 6.11. The summed E-state index contributed by atoms with van der Waals surface area (Å²) in [7, 11) is 0. The van der Waals surface area contributed by atoms with E-state index >= 15 is 0 Å². The Morgan fingerprint density at radius 1 is 1.52 bits per heavy atom. The highest BCUT2D eigenvalue weighted by Gasteiger charge is 2.58. The first-order chi connectivity index (χ1) is 10.7. The van der Waals surface area contributed by atoms with Crippen LogP contribution in [-0.2, 0) is 11.3 Å². The largest absolute Gasteiger partial charge is 0.479 e. The Morgan fingerprint density at radius 2 is 2.22 bits per heavy atom. The first kappa shape index (κ1) is 15.4. The first-order valence-electron chi connectivity index (χ1n) is 6.97. The predicted molar refractivity (Wildman–Crippen MR) is 81.6 cm³/mol. The average molecular weight is 319 g/mol. The number of imidazole rings is 1. The van der Waals surface area contributed by atoms with E-state index in [4.69, 9.17) is 0 Å². The Bertz CT molecular complexity index is 750. The van der Waals surface area contributed by atoms with Gasteiger partial charge in [0.2, 0.25) is 0 Å². The number of fused-ring (bicyclic) bond motifs is 3. The van der Waals surface area contributed by atoms with Crippen molar-refractivity contribution in [2.24, 2.45) is 9.98 Å². The highest BCUT2D eigenvalue weighted by atomic mass is 16.4. The van der Waals surface area contributed by atoms with Gasteiger partial charge in [0.25, 0.3) is 0 Å². The van der Waals surface area contributed by atoms with E-state index in [9.17, 15) is 20.1 Å². The second kappa shape index (κ2) is 4.74. The molecule has 1 aromatic heterocycles. The van der Waals surface area contributed by atoms with Gasteiger partial charge in [0.05, 0.1) is 6.33 Å². The van der Waals surface area contributed by atoms with E-state index in [0.717, 1.165) is 0 Å². The molecule has 3 N–H and O–H groups in total. The summed E-state index contributed by atoms with van der Waals surface area (Å²) in [4.78, 5) is 25.4. The summed E-state index contributed by atoms with van der Waals surface area (Å²) < 4.78 is 1.72. The third kappa shape index (κ3) is 1.93. The van der Waals surface area contributed by atoms with E-state index in [-0.39, 0.29) is 5.84 Å². The van der Waals surface area contributed by atoms with Crippen molar-refractivity contribution in [2.75, 3.05) is 0 Å². The zero-order chi connectivity index (χ0) is 17.0. The van der Waals surface area contributed by atoms with Gasteiger partial charge in [-0.1, -0.05) is 6.08 Å². The van der Waals surface area contributed by atoms with Gasteiger partial charge in [-0.15, -0.1) is 6.58 Å². The molecule has 0 saturated heterocycles. The van der Waals surface area contributed by atoms with Crippen LogP contribution < -0.4 is 0 Å². The maximum atomic E-state index is 11.6. The molecule has 0 bridgehead atoms. The molecular formula is C14H17N5O4. The molecular weight excluding hydrogens is 302 g/mol. The van der Waals surface area contributed by atoms with Crippen molar-refractivity contribution >= 4 is 24.0 Å². The number of nitrogens with zero attached hydrogens (tertiary/aromatic N) is 5. The molecule has 3 atom stereocenters. The van der Waals surface area contributed by atoms with Gasteiger partial charge in [0.1, 0.15) is 12.4 Å². The quantitative estimate of drug-likeness (QED) is 0.658. The van der Waals surface area contributed by atoms with Gasteiger partial charge in [-0.3, -0.25) is 4.90 Å². The summed E-state index contributed by atoms with van der Waals surface area (Å²) in [5, 5.41) is 30.4. The van der Waals surface area contributed by atoms with E-state index in [1.54, 1.807) is 10.6 Å². The third-order valence-electron chi connectivity index (χ3n) is 4.18. The molecule has 0 amide bonds. The van der Waals surface area contributed by atoms with E-state index < -0.39 is 23.3 Å². The molecule has 0 aromatic carbocycles. The Morgan fingerprint density at radius 3 is 2.83 bits per heavy atom. The lowest BCUT2D eigenvalue weighted by molar-refractivity contribution is -0.173. The smallest absolute Gasteiger partial charge is 0.334 e. The molecule has 23 heavy (non-hydrogen) atoms. The summed E-state index contributed by atoms with van der Waals surface area (Å²) in [6, 6.07) is 0. The molecule has 3 heterocycles. The zero-order valence-electron chi connectivity index (χ0n) is 12.7. The molecule has 9 heteroatoms. The summed E-state index contributed by atoms with van der Waals surface area (Å²) >= 11 is 0. The lowest BCUT2D eigenvalue weighted by atomic mass is 9.85. The van der Waals surface area contributed by atoms with Crippen molar-refractivity contribution in [1.82, 2.24) is 14.5 Å². The standard InChI is InChI=1S/C14H17N5O4/c1-4-5-18-6-15-8-9(18)16-7-19-10(8)17-13(2,12(21)22)11(20)14(19,3)23/h4,6-7,11,20,23H,1,5H2,2-3H3,(H,21,22)/t11-,13-,14-/m0/s1. The molecule has 3 rings (SSSR count). The fourth-order valence-electron chi connectivity index (χ4n) is 2.77. The molecule has 2 aliphatic rings. The number of carboxylic acid groups (broad SMARTS) is 1. The summed E-state index contributed by atoms with van der Waals surface area (Å²) in [5.41, 5.74) is -3.46. The third-order valence-corrected chi connectivity index (χ3v) is 4.18. The maximum Gasteiger partial charge on any atom is 0.334 e. The minimum atomic E-state index is -1.90. The second-order valence-corrected chi connectivity index (χ2v) is 5.86. The molecule has 0 aliphatic carbocycles. The molecule has 122 valence electrons. The monoisotopic (exact) mass is 319 g/mol. The van der Waals surface area contributed by atoms with Crippen LogP contribution in [0.2, 0.25) is 0 Å². The van der Waals surface area contributed by atoms with Crippen molar-refractivity contribution in [3.05, 3.63) is 24.7 Å². The van der Waals surface area contributed by atoms with Crippen molar-refractivity contribution in [2.45, 2.75) is 37.8 Å². The normalized spacial score (nSPS) is 32.1. The lowest BCUT2D eigenvalue weighted by Gasteiger charge is -2.48. The van der Waals surface area contributed by atoms with Gasteiger partial charge in [0, 0.05) is 6.54 Å². The van der Waals surface area contributed by atoms with E-state index in [1.165, 1.54) is 31.4 Å². The van der Waals surface area contributed by atoms with Crippen LogP contribution in [0.1, 0.15) is 19.5 Å². The fraction of sp³-hybridized carbons (Fsp3) is 0.429. The van der Waals surface area contributed by atoms with Crippen molar-refractivity contribution < 1.29 is 20.1 Å². The number of hydrogen-bond donors (Lipinski definition) is 3. The molecule has 0 spiro atoms. The summed E-state index contributed by atoms with van der Waals surface area (Å²) in [6.45, 7) is 6.69. The number of rotatable bonds is 3. The van der Waals surface area contributed by atoms with Gasteiger partial charge < -0.3 is 19.9 Å². The number of hydrogen-bond acceptors (Lipinski definition) is 7. The number of aromatic nitrogens is 2. The molecule has 1 aromatic rings. The van der Waals surface area contributed by atoms with Gasteiger partial charge in [-0.05, 0) is 13.8 Å². The zero-order valence-corrected chi connectivity index (χ0v) is 12.7. The van der Waals surface area contributed by atoms with Crippen LogP contribution in [-0.4, -0.2) is 65.3 Å². The topological polar surface area (TPSA) is 124 Å². The summed E-state index contributed by atoms with van der Waals surface area (Å²) in [6.07, 6.45) is 2.87. The average Bonchev–Trinajstić information content (AvgIpc) is 2.89. The fourth-order valence-corrected chi connectivity index (χ4v) is 2.77. The number of carbonyl (C=O) groups is 1. The van der Waals surface area contributed by atoms with Crippen LogP contribution >= 0.6 is 0 Å². The van der Waals surface area contributed by atoms with Crippen molar-refractivity contribution in [3.63, 3.8) is 0 Å².